The fourth-order valence-corrected chi connectivity index (χ4v) is 5.40. The summed E-state index contributed by atoms with van der Waals surface area (Å²) in [6.07, 6.45) is 4.29. The van der Waals surface area contributed by atoms with Gasteiger partial charge in [-0.2, -0.15) is 5.10 Å². The molecule has 0 bridgehead atoms. The molecular weight excluding hydrogens is 420 g/mol. The Morgan fingerprint density at radius 2 is 1.97 bits per heavy atom. The van der Waals surface area contributed by atoms with E-state index in [1.807, 2.05) is 61.7 Å². The Kier molecular flexibility index (Phi) is 5.37. The first-order valence-corrected chi connectivity index (χ1v) is 12.1. The number of fused-ring (bicyclic) bond motifs is 1. The highest BCUT2D eigenvalue weighted by Gasteiger charge is 2.48. The van der Waals surface area contributed by atoms with E-state index in [1.54, 1.807) is 20.9 Å². The molecule has 7 heteroatoms. The molecule has 5 rings (SSSR count). The minimum absolute atomic E-state index is 0.0938. The van der Waals surface area contributed by atoms with Gasteiger partial charge in [-0.3, -0.25) is 14.3 Å². The lowest BCUT2D eigenvalue weighted by Crippen LogP contribution is -2.64. The Morgan fingerprint density at radius 1 is 1.22 bits per heavy atom. The zero-order valence-electron chi connectivity index (χ0n) is 18.5. The van der Waals surface area contributed by atoms with Crippen LogP contribution >= 0.6 is 11.3 Å². The van der Waals surface area contributed by atoms with Crippen molar-refractivity contribution in [2.75, 3.05) is 0 Å². The number of hydrogen-bond acceptors (Lipinski definition) is 4. The summed E-state index contributed by atoms with van der Waals surface area (Å²) < 4.78 is 1.72. The first-order valence-electron chi connectivity index (χ1n) is 11.2. The number of hydrogen-bond donors (Lipinski definition) is 1. The Morgan fingerprint density at radius 3 is 2.66 bits per heavy atom. The predicted molar refractivity (Wildman–Crippen MR) is 125 cm³/mol. The van der Waals surface area contributed by atoms with Crippen LogP contribution in [-0.2, 0) is 17.9 Å². The monoisotopic (exact) mass is 448 g/mol. The molecule has 3 heterocycles. The van der Waals surface area contributed by atoms with Gasteiger partial charge in [0.2, 0.25) is 5.91 Å². The molecule has 0 saturated heterocycles. The predicted octanol–water partition coefficient (Wildman–Crippen LogP) is 4.39. The number of nitrogens with zero attached hydrogens (tertiary/aromatic N) is 3. The molecule has 1 aromatic carbocycles. The molecule has 0 radical (unpaired) electrons. The van der Waals surface area contributed by atoms with E-state index < -0.39 is 5.54 Å². The number of aryl methyl sites for hydroxylation is 1. The summed E-state index contributed by atoms with van der Waals surface area (Å²) in [6, 6.07) is 14.2. The van der Waals surface area contributed by atoms with Gasteiger partial charge in [-0.25, -0.2) is 0 Å². The zero-order chi connectivity index (χ0) is 22.3. The molecule has 1 fully saturated rings. The molecule has 0 unspecified atom stereocenters. The smallest absolute Gasteiger partial charge is 0.273 e. The molecule has 1 atom stereocenters. The summed E-state index contributed by atoms with van der Waals surface area (Å²) in [5, 5.41) is 9.93. The van der Waals surface area contributed by atoms with E-state index in [1.165, 1.54) is 5.56 Å². The van der Waals surface area contributed by atoms with Crippen molar-refractivity contribution in [3.63, 3.8) is 0 Å². The topological polar surface area (TPSA) is 67.2 Å². The fraction of sp³-hybridized carbons (Fsp3) is 0.400. The van der Waals surface area contributed by atoms with Crippen LogP contribution in [0.25, 0.3) is 10.6 Å². The number of nitrogens with one attached hydrogen (secondary N) is 1. The highest BCUT2D eigenvalue weighted by molar-refractivity contribution is 7.13. The van der Waals surface area contributed by atoms with E-state index in [2.05, 4.69) is 5.32 Å². The highest BCUT2D eigenvalue weighted by atomic mass is 32.1. The average molecular weight is 449 g/mol. The van der Waals surface area contributed by atoms with E-state index in [9.17, 15) is 9.59 Å². The van der Waals surface area contributed by atoms with Gasteiger partial charge in [0, 0.05) is 12.6 Å². The first-order chi connectivity index (χ1) is 15.4. The van der Waals surface area contributed by atoms with Crippen molar-refractivity contribution in [3.8, 4) is 10.6 Å². The quantitative estimate of drug-likeness (QED) is 0.629. The van der Waals surface area contributed by atoms with Gasteiger partial charge in [0.1, 0.15) is 16.9 Å². The number of amides is 2. The van der Waals surface area contributed by atoms with E-state index >= 15 is 0 Å². The van der Waals surface area contributed by atoms with Crippen LogP contribution in [0.5, 0.6) is 0 Å². The molecule has 0 spiro atoms. The summed E-state index contributed by atoms with van der Waals surface area (Å²) in [5.74, 6) is -0.250. The Balaban J connectivity index is 1.51. The molecule has 6 nitrogen and oxygen atoms in total. The molecule has 2 aliphatic rings. The van der Waals surface area contributed by atoms with Gasteiger partial charge in [0.15, 0.2) is 0 Å². The SMILES string of the molecule is Cc1ccc(CN2C(=O)c3cc(-c4cccs4)nn3C[C@]2(C)C(=O)NC2CCCC2)cc1. The molecule has 1 aliphatic heterocycles. The van der Waals surface area contributed by atoms with Crippen molar-refractivity contribution in [3.05, 3.63) is 64.7 Å². The second-order valence-corrected chi connectivity index (χ2v) is 10.1. The van der Waals surface area contributed by atoms with Crippen LogP contribution in [0.15, 0.2) is 47.8 Å². The maximum atomic E-state index is 13.7. The highest BCUT2D eigenvalue weighted by Crippen LogP contribution is 2.33. The molecule has 2 amide bonds. The number of aromatic nitrogens is 2. The Hall–Kier alpha value is -2.93. The summed E-state index contributed by atoms with van der Waals surface area (Å²) >= 11 is 1.59. The van der Waals surface area contributed by atoms with Crippen molar-refractivity contribution < 1.29 is 9.59 Å². The minimum atomic E-state index is -1.02. The van der Waals surface area contributed by atoms with Gasteiger partial charge >= 0.3 is 0 Å². The summed E-state index contributed by atoms with van der Waals surface area (Å²) in [5.41, 5.74) is 2.47. The number of benzene rings is 1. The molecule has 1 saturated carbocycles. The number of carbonyl (C=O) groups is 2. The summed E-state index contributed by atoms with van der Waals surface area (Å²) in [7, 11) is 0. The van der Waals surface area contributed by atoms with Crippen LogP contribution in [0.1, 0.15) is 54.2 Å². The maximum Gasteiger partial charge on any atom is 0.273 e. The third-order valence-corrected chi connectivity index (χ3v) is 7.60. The number of thiophene rings is 1. The summed E-state index contributed by atoms with van der Waals surface area (Å²) in [4.78, 5) is 30.0. The summed E-state index contributed by atoms with van der Waals surface area (Å²) in [6.45, 7) is 4.63. The second kappa shape index (κ2) is 8.20. The lowest BCUT2D eigenvalue weighted by molar-refractivity contribution is -0.134. The van der Waals surface area contributed by atoms with Crippen molar-refractivity contribution in [2.45, 2.75) is 64.2 Å². The van der Waals surface area contributed by atoms with E-state index in [0.717, 1.165) is 41.8 Å². The average Bonchev–Trinajstić information content (AvgIpc) is 3.54. The van der Waals surface area contributed by atoms with E-state index in [-0.39, 0.29) is 17.9 Å². The van der Waals surface area contributed by atoms with Crippen LogP contribution in [-0.4, -0.2) is 38.1 Å². The third kappa shape index (κ3) is 3.75. The van der Waals surface area contributed by atoms with Crippen LogP contribution in [0.3, 0.4) is 0 Å². The first kappa shape index (κ1) is 20.9. The van der Waals surface area contributed by atoms with Gasteiger partial charge in [-0.05, 0) is 49.8 Å². The molecule has 32 heavy (non-hydrogen) atoms. The maximum absolute atomic E-state index is 13.7. The van der Waals surface area contributed by atoms with Crippen LogP contribution < -0.4 is 5.32 Å². The van der Waals surface area contributed by atoms with Crippen molar-refractivity contribution in [2.24, 2.45) is 0 Å². The Labute approximate surface area is 192 Å². The molecular formula is C25H28N4O2S. The van der Waals surface area contributed by atoms with Crippen LogP contribution in [0, 0.1) is 6.92 Å². The lowest BCUT2D eigenvalue weighted by Gasteiger charge is -2.43. The largest absolute Gasteiger partial charge is 0.351 e. The van der Waals surface area contributed by atoms with Gasteiger partial charge in [-0.1, -0.05) is 48.7 Å². The van der Waals surface area contributed by atoms with Crippen molar-refractivity contribution >= 4 is 23.2 Å². The molecule has 2 aromatic heterocycles. The fourth-order valence-electron chi connectivity index (χ4n) is 4.72. The van der Waals surface area contributed by atoms with Crippen LogP contribution in [0.2, 0.25) is 0 Å². The van der Waals surface area contributed by atoms with E-state index in [4.69, 9.17) is 5.10 Å². The molecule has 1 N–H and O–H groups in total. The van der Waals surface area contributed by atoms with Crippen LogP contribution in [0.4, 0.5) is 0 Å². The third-order valence-electron chi connectivity index (χ3n) is 6.71. The van der Waals surface area contributed by atoms with Gasteiger partial charge in [0.05, 0.1) is 11.4 Å². The normalized spacial score (nSPS) is 21.1. The molecule has 1 aliphatic carbocycles. The second-order valence-electron chi connectivity index (χ2n) is 9.16. The lowest BCUT2D eigenvalue weighted by atomic mass is 9.93. The number of rotatable bonds is 5. The minimum Gasteiger partial charge on any atom is -0.351 e. The van der Waals surface area contributed by atoms with Gasteiger partial charge in [-0.15, -0.1) is 11.3 Å². The Bertz CT molecular complexity index is 1130. The van der Waals surface area contributed by atoms with Gasteiger partial charge < -0.3 is 10.2 Å². The molecule has 3 aromatic rings. The zero-order valence-corrected chi connectivity index (χ0v) is 19.3. The number of carbonyl (C=O) groups excluding carboxylic acids is 2. The molecule has 166 valence electrons. The van der Waals surface area contributed by atoms with E-state index in [0.29, 0.717) is 18.8 Å². The van der Waals surface area contributed by atoms with Crippen molar-refractivity contribution in [1.29, 1.82) is 0 Å². The van der Waals surface area contributed by atoms with Gasteiger partial charge in [0.25, 0.3) is 5.91 Å². The standard InChI is InChI=1S/C25H28N4O2S/c1-17-9-11-18(12-10-17)15-28-23(30)21-14-20(22-8-5-13-32-22)27-29(21)16-25(28,2)24(31)26-19-6-3-4-7-19/h5,8-14,19H,3-4,6-7,15-16H2,1-2H3,(H,26,31)/t25-/m1/s1. The van der Waals surface area contributed by atoms with Crippen molar-refractivity contribution in [1.82, 2.24) is 20.0 Å².